The molecule has 0 spiro atoms. The molecule has 0 saturated heterocycles. The second-order valence-electron chi connectivity index (χ2n) is 7.74. The van der Waals surface area contributed by atoms with Crippen molar-refractivity contribution in [3.05, 3.63) is 51.8 Å². The van der Waals surface area contributed by atoms with Crippen molar-refractivity contribution in [3.63, 3.8) is 0 Å². The van der Waals surface area contributed by atoms with E-state index >= 15 is 0 Å². The van der Waals surface area contributed by atoms with Gasteiger partial charge in [0.15, 0.2) is 0 Å². The highest BCUT2D eigenvalue weighted by Crippen LogP contribution is 2.38. The average Bonchev–Trinajstić information content (AvgIpc) is 2.74. The lowest BCUT2D eigenvalue weighted by atomic mass is 10.0. The quantitative estimate of drug-likeness (QED) is 0.188. The minimum atomic E-state index is -4.56. The maximum Gasteiger partial charge on any atom is 0.417 e. The van der Waals surface area contributed by atoms with Crippen LogP contribution in [0.2, 0.25) is 10.0 Å². The summed E-state index contributed by atoms with van der Waals surface area (Å²) in [6.45, 7) is 7.77. The van der Waals surface area contributed by atoms with Crippen LogP contribution in [-0.4, -0.2) is 28.6 Å². The minimum absolute atomic E-state index is 0.155. The number of benzene rings is 1. The highest BCUT2D eigenvalue weighted by molar-refractivity contribution is 8.00. The van der Waals surface area contributed by atoms with Gasteiger partial charge in [0.1, 0.15) is 12.4 Å². The van der Waals surface area contributed by atoms with Gasteiger partial charge in [-0.2, -0.15) is 13.2 Å². The minimum Gasteiger partial charge on any atom is -0.388 e. The van der Waals surface area contributed by atoms with E-state index in [2.05, 4.69) is 40.8 Å². The molecule has 3 N–H and O–H groups in total. The van der Waals surface area contributed by atoms with Gasteiger partial charge >= 0.3 is 6.18 Å². The molecule has 0 fully saturated rings. The SMILES string of the molecule is CCC(NC(CO)=NC(C)c1ncc(Cl)cc1NSc1ccc(Cl)c(C(F)(F)F)c1)C(C)C. The Balaban J connectivity index is 2.27. The first-order valence-electron chi connectivity index (χ1n) is 10.3. The summed E-state index contributed by atoms with van der Waals surface area (Å²) in [5, 5.41) is 13.0. The van der Waals surface area contributed by atoms with Crippen LogP contribution in [0.15, 0.2) is 40.4 Å². The van der Waals surface area contributed by atoms with Crippen molar-refractivity contribution in [2.45, 2.75) is 57.3 Å². The van der Waals surface area contributed by atoms with Gasteiger partial charge in [0.05, 0.1) is 33.0 Å². The molecular weight excluding hydrogens is 496 g/mol. The molecule has 0 aliphatic heterocycles. The number of nitrogens with zero attached hydrogens (tertiary/aromatic N) is 2. The molecule has 5 nitrogen and oxygen atoms in total. The van der Waals surface area contributed by atoms with E-state index < -0.39 is 17.8 Å². The fourth-order valence-corrected chi connectivity index (χ4v) is 4.22. The molecule has 0 aliphatic rings. The van der Waals surface area contributed by atoms with Crippen molar-refractivity contribution in [2.75, 3.05) is 11.3 Å². The van der Waals surface area contributed by atoms with Crippen molar-refractivity contribution in [3.8, 4) is 0 Å². The molecule has 182 valence electrons. The van der Waals surface area contributed by atoms with Gasteiger partial charge in [-0.05, 0) is 55.5 Å². The molecule has 11 heteroatoms. The number of hydrogen-bond donors (Lipinski definition) is 3. The first-order valence-corrected chi connectivity index (χ1v) is 11.9. The molecule has 1 heterocycles. The van der Waals surface area contributed by atoms with Gasteiger partial charge in [0.2, 0.25) is 0 Å². The molecule has 2 aromatic rings. The third-order valence-corrected chi connectivity index (χ3v) is 6.25. The van der Waals surface area contributed by atoms with E-state index in [0.29, 0.717) is 33.1 Å². The number of aliphatic hydroxyl groups excluding tert-OH is 1. The van der Waals surface area contributed by atoms with Crippen LogP contribution < -0.4 is 10.0 Å². The smallest absolute Gasteiger partial charge is 0.388 e. The zero-order chi connectivity index (χ0) is 24.8. The van der Waals surface area contributed by atoms with Crippen molar-refractivity contribution in [2.24, 2.45) is 10.9 Å². The lowest BCUT2D eigenvalue weighted by molar-refractivity contribution is -0.137. The van der Waals surface area contributed by atoms with Gasteiger partial charge in [0.25, 0.3) is 0 Å². The van der Waals surface area contributed by atoms with E-state index in [1.54, 1.807) is 6.07 Å². The van der Waals surface area contributed by atoms with Gasteiger partial charge in [-0.15, -0.1) is 0 Å². The number of hydrogen-bond acceptors (Lipinski definition) is 5. The van der Waals surface area contributed by atoms with Crippen molar-refractivity contribution < 1.29 is 18.3 Å². The number of nitrogens with one attached hydrogen (secondary N) is 2. The number of halogens is 5. The zero-order valence-corrected chi connectivity index (χ0v) is 21.0. The molecule has 0 bridgehead atoms. The van der Waals surface area contributed by atoms with Crippen LogP contribution in [0.1, 0.15) is 51.4 Å². The van der Waals surface area contributed by atoms with Gasteiger partial charge in [-0.25, -0.2) is 0 Å². The molecule has 33 heavy (non-hydrogen) atoms. The summed E-state index contributed by atoms with van der Waals surface area (Å²) in [6.07, 6.45) is -2.22. The number of rotatable bonds is 9. The molecule has 0 saturated carbocycles. The van der Waals surface area contributed by atoms with E-state index in [1.165, 1.54) is 18.3 Å². The van der Waals surface area contributed by atoms with Crippen LogP contribution in [0, 0.1) is 5.92 Å². The molecule has 0 amide bonds. The van der Waals surface area contributed by atoms with Crippen molar-refractivity contribution in [1.82, 2.24) is 10.3 Å². The van der Waals surface area contributed by atoms with Crippen LogP contribution in [0.25, 0.3) is 0 Å². The number of aliphatic imine (C=N–C) groups is 1. The van der Waals surface area contributed by atoms with Crippen LogP contribution in [-0.2, 0) is 6.18 Å². The Morgan fingerprint density at radius 2 is 1.91 bits per heavy atom. The van der Waals surface area contributed by atoms with Gasteiger partial charge in [-0.3, -0.25) is 9.98 Å². The number of aromatic nitrogens is 1. The number of pyridine rings is 1. The van der Waals surface area contributed by atoms with E-state index in [-0.39, 0.29) is 17.7 Å². The summed E-state index contributed by atoms with van der Waals surface area (Å²) >= 11 is 12.8. The molecule has 1 aromatic carbocycles. The first-order chi connectivity index (χ1) is 15.5. The Morgan fingerprint density at radius 1 is 1.21 bits per heavy atom. The standard InChI is InChI=1S/C22H27Cl2F3N4OS/c1-5-18(12(2)3)30-20(11-32)29-13(4)21-19(8-14(23)10-28-21)31-33-15-6-7-17(24)16(9-15)22(25,26)27/h6-10,12-13,18,31-32H,5,11H2,1-4H3,(H,29,30). The summed E-state index contributed by atoms with van der Waals surface area (Å²) in [5.41, 5.74) is 0.121. The first kappa shape index (κ1) is 27.6. The third-order valence-electron chi connectivity index (χ3n) is 4.90. The Bertz CT molecular complexity index is 973. The van der Waals surface area contributed by atoms with E-state index in [9.17, 15) is 18.3 Å². The third kappa shape index (κ3) is 7.95. The van der Waals surface area contributed by atoms with Crippen molar-refractivity contribution >= 4 is 46.7 Å². The second-order valence-corrected chi connectivity index (χ2v) is 9.47. The monoisotopic (exact) mass is 522 g/mol. The highest BCUT2D eigenvalue weighted by Gasteiger charge is 2.33. The molecule has 0 aliphatic carbocycles. The lowest BCUT2D eigenvalue weighted by Gasteiger charge is -2.23. The summed E-state index contributed by atoms with van der Waals surface area (Å²) in [7, 11) is 0. The second kappa shape index (κ2) is 12.1. The average molecular weight is 523 g/mol. The largest absolute Gasteiger partial charge is 0.417 e. The molecule has 2 atom stereocenters. The number of anilines is 1. The molecule has 0 radical (unpaired) electrons. The Labute approximate surface area is 206 Å². The van der Waals surface area contributed by atoms with Crippen LogP contribution >= 0.6 is 35.1 Å². The Hall–Kier alpha value is -1.68. The zero-order valence-electron chi connectivity index (χ0n) is 18.7. The van der Waals surface area contributed by atoms with Gasteiger partial charge in [-0.1, -0.05) is 44.0 Å². The fourth-order valence-electron chi connectivity index (χ4n) is 3.14. The molecule has 2 unspecified atom stereocenters. The normalized spacial score (nSPS) is 14.3. The number of alkyl halides is 3. The maximum absolute atomic E-state index is 13.2. The van der Waals surface area contributed by atoms with Crippen LogP contribution in [0.4, 0.5) is 18.9 Å². The maximum atomic E-state index is 13.2. The summed E-state index contributed by atoms with van der Waals surface area (Å²) < 4.78 is 42.5. The van der Waals surface area contributed by atoms with Gasteiger partial charge < -0.3 is 15.1 Å². The Morgan fingerprint density at radius 3 is 2.48 bits per heavy atom. The fraction of sp³-hybridized carbons (Fsp3) is 0.455. The molecular formula is C22H27Cl2F3N4OS. The number of aliphatic hydroxyl groups is 1. The molecule has 2 rings (SSSR count). The lowest BCUT2D eigenvalue weighted by Crippen LogP contribution is -2.40. The summed E-state index contributed by atoms with van der Waals surface area (Å²) in [6, 6.07) is 4.99. The Kier molecular flexibility index (Phi) is 10.1. The van der Waals surface area contributed by atoms with Gasteiger partial charge in [0, 0.05) is 17.1 Å². The molecule has 1 aromatic heterocycles. The highest BCUT2D eigenvalue weighted by atomic mass is 35.5. The summed E-state index contributed by atoms with van der Waals surface area (Å²) in [5.74, 6) is 0.788. The van der Waals surface area contributed by atoms with E-state index in [0.717, 1.165) is 24.4 Å². The van der Waals surface area contributed by atoms with Crippen LogP contribution in [0.5, 0.6) is 0 Å². The van der Waals surface area contributed by atoms with E-state index in [1.807, 2.05) is 6.92 Å². The van der Waals surface area contributed by atoms with Crippen LogP contribution in [0.3, 0.4) is 0 Å². The van der Waals surface area contributed by atoms with E-state index in [4.69, 9.17) is 23.2 Å². The predicted molar refractivity (Wildman–Crippen MR) is 130 cm³/mol. The topological polar surface area (TPSA) is 69.5 Å². The predicted octanol–water partition coefficient (Wildman–Crippen LogP) is 7.00. The van der Waals surface area contributed by atoms with Crippen molar-refractivity contribution in [1.29, 1.82) is 0 Å². The summed E-state index contributed by atoms with van der Waals surface area (Å²) in [4.78, 5) is 9.25. The number of amidine groups is 1.